The lowest BCUT2D eigenvalue weighted by atomic mass is 9.88. The standard InChI is InChI=1S/C12H13F2NO/c1-6-3-9(13)11(10(14)4-6)8-5-15-12(16)7(8)2/h3-4,7-8H,5H2,1-2H3,(H,15,16)/t7-,8+/m0/s1. The average Bonchev–Trinajstić information content (AvgIpc) is 2.48. The molecule has 1 aliphatic heterocycles. The number of benzene rings is 1. The third kappa shape index (κ3) is 1.68. The van der Waals surface area contributed by atoms with Gasteiger partial charge in [0.25, 0.3) is 0 Å². The van der Waals surface area contributed by atoms with Gasteiger partial charge in [-0.25, -0.2) is 8.78 Å². The molecule has 0 bridgehead atoms. The quantitative estimate of drug-likeness (QED) is 0.779. The van der Waals surface area contributed by atoms with Crippen molar-refractivity contribution in [2.24, 2.45) is 5.92 Å². The Labute approximate surface area is 92.7 Å². The summed E-state index contributed by atoms with van der Waals surface area (Å²) in [4.78, 5) is 11.3. The summed E-state index contributed by atoms with van der Waals surface area (Å²) in [6.45, 7) is 3.63. The minimum Gasteiger partial charge on any atom is -0.355 e. The van der Waals surface area contributed by atoms with Gasteiger partial charge in [0.15, 0.2) is 0 Å². The Bertz CT molecular complexity index is 422. The van der Waals surface area contributed by atoms with Gasteiger partial charge in [-0.1, -0.05) is 6.92 Å². The van der Waals surface area contributed by atoms with E-state index in [1.54, 1.807) is 13.8 Å². The van der Waals surface area contributed by atoms with Crippen LogP contribution in [0.25, 0.3) is 0 Å². The van der Waals surface area contributed by atoms with E-state index in [9.17, 15) is 13.6 Å². The monoisotopic (exact) mass is 225 g/mol. The lowest BCUT2D eigenvalue weighted by molar-refractivity contribution is -0.122. The maximum Gasteiger partial charge on any atom is 0.223 e. The van der Waals surface area contributed by atoms with Crippen LogP contribution in [-0.2, 0) is 4.79 Å². The fraction of sp³-hybridized carbons (Fsp3) is 0.417. The molecule has 0 aromatic heterocycles. The van der Waals surface area contributed by atoms with Crippen molar-refractivity contribution in [1.29, 1.82) is 0 Å². The molecule has 0 spiro atoms. The number of aryl methyl sites for hydroxylation is 1. The molecule has 1 aliphatic rings. The Hall–Kier alpha value is -1.45. The fourth-order valence-electron chi connectivity index (χ4n) is 2.15. The van der Waals surface area contributed by atoms with Gasteiger partial charge in [0.2, 0.25) is 5.91 Å². The first-order chi connectivity index (χ1) is 7.50. The highest BCUT2D eigenvalue weighted by atomic mass is 19.1. The van der Waals surface area contributed by atoms with E-state index in [1.807, 2.05) is 0 Å². The van der Waals surface area contributed by atoms with E-state index in [1.165, 1.54) is 12.1 Å². The Morgan fingerprint density at radius 1 is 1.31 bits per heavy atom. The van der Waals surface area contributed by atoms with Crippen LogP contribution in [0, 0.1) is 24.5 Å². The molecule has 0 radical (unpaired) electrons. The molecular formula is C12H13F2NO. The molecule has 1 saturated heterocycles. The van der Waals surface area contributed by atoms with Crippen LogP contribution in [0.3, 0.4) is 0 Å². The van der Waals surface area contributed by atoms with Gasteiger partial charge in [-0.05, 0) is 24.6 Å². The zero-order valence-electron chi connectivity index (χ0n) is 9.18. The molecule has 1 aromatic rings. The van der Waals surface area contributed by atoms with Crippen molar-refractivity contribution in [1.82, 2.24) is 5.32 Å². The third-order valence-corrected chi connectivity index (χ3v) is 3.11. The highest BCUT2D eigenvalue weighted by molar-refractivity contribution is 5.82. The van der Waals surface area contributed by atoms with Crippen molar-refractivity contribution in [3.8, 4) is 0 Å². The molecule has 2 nitrogen and oxygen atoms in total. The molecule has 16 heavy (non-hydrogen) atoms. The van der Waals surface area contributed by atoms with Gasteiger partial charge < -0.3 is 5.32 Å². The van der Waals surface area contributed by atoms with Crippen LogP contribution in [0.4, 0.5) is 8.78 Å². The maximum atomic E-state index is 13.7. The summed E-state index contributed by atoms with van der Waals surface area (Å²) in [5.74, 6) is -2.07. The second kappa shape index (κ2) is 3.85. The van der Waals surface area contributed by atoms with E-state index in [4.69, 9.17) is 0 Å². The van der Waals surface area contributed by atoms with Crippen molar-refractivity contribution in [3.05, 3.63) is 34.9 Å². The van der Waals surface area contributed by atoms with E-state index in [2.05, 4.69) is 5.32 Å². The topological polar surface area (TPSA) is 29.1 Å². The number of carbonyl (C=O) groups excluding carboxylic acids is 1. The molecule has 4 heteroatoms. The van der Waals surface area contributed by atoms with E-state index in [0.717, 1.165) is 0 Å². The summed E-state index contributed by atoms with van der Waals surface area (Å²) in [6, 6.07) is 2.60. The van der Waals surface area contributed by atoms with Crippen molar-refractivity contribution in [2.75, 3.05) is 6.54 Å². The Balaban J connectivity index is 2.45. The van der Waals surface area contributed by atoms with Crippen molar-refractivity contribution in [3.63, 3.8) is 0 Å². The minimum atomic E-state index is -0.564. The SMILES string of the molecule is Cc1cc(F)c([C@@H]2CNC(=O)[C@H]2C)c(F)c1. The summed E-state index contributed by atoms with van der Waals surface area (Å²) in [5, 5.41) is 2.61. The summed E-state index contributed by atoms with van der Waals surface area (Å²) in [5.41, 5.74) is 0.570. The summed E-state index contributed by atoms with van der Waals surface area (Å²) >= 11 is 0. The van der Waals surface area contributed by atoms with Crippen LogP contribution in [0.15, 0.2) is 12.1 Å². The molecule has 86 valence electrons. The van der Waals surface area contributed by atoms with Crippen LogP contribution in [0.1, 0.15) is 24.0 Å². The van der Waals surface area contributed by atoms with E-state index in [-0.39, 0.29) is 17.4 Å². The highest BCUT2D eigenvalue weighted by Crippen LogP contribution is 2.32. The predicted molar refractivity (Wildman–Crippen MR) is 56.0 cm³/mol. The largest absolute Gasteiger partial charge is 0.355 e. The second-order valence-corrected chi connectivity index (χ2v) is 4.28. The maximum absolute atomic E-state index is 13.7. The number of rotatable bonds is 1. The highest BCUT2D eigenvalue weighted by Gasteiger charge is 2.35. The number of carbonyl (C=O) groups is 1. The number of halogens is 2. The number of hydrogen-bond donors (Lipinski definition) is 1. The number of hydrogen-bond acceptors (Lipinski definition) is 1. The summed E-state index contributed by atoms with van der Waals surface area (Å²) in [7, 11) is 0. The van der Waals surface area contributed by atoms with E-state index >= 15 is 0 Å². The van der Waals surface area contributed by atoms with Gasteiger partial charge in [-0.3, -0.25) is 4.79 Å². The third-order valence-electron chi connectivity index (χ3n) is 3.11. The molecule has 2 rings (SSSR count). The normalized spacial score (nSPS) is 24.6. The van der Waals surface area contributed by atoms with Gasteiger partial charge in [-0.15, -0.1) is 0 Å². The van der Waals surface area contributed by atoms with Crippen LogP contribution in [-0.4, -0.2) is 12.5 Å². The molecule has 1 aromatic carbocycles. The Kier molecular flexibility index (Phi) is 2.66. The minimum absolute atomic E-state index is 0.0245. The number of nitrogens with one attached hydrogen (secondary N) is 1. The van der Waals surface area contributed by atoms with Gasteiger partial charge >= 0.3 is 0 Å². The lowest BCUT2D eigenvalue weighted by Gasteiger charge is -2.15. The number of amides is 1. The molecule has 2 atom stereocenters. The molecule has 0 saturated carbocycles. The fourth-order valence-corrected chi connectivity index (χ4v) is 2.15. The molecule has 1 amide bonds. The van der Waals surface area contributed by atoms with Crippen molar-refractivity contribution < 1.29 is 13.6 Å². The molecule has 0 unspecified atom stereocenters. The molecular weight excluding hydrogens is 212 g/mol. The van der Waals surface area contributed by atoms with Gasteiger partial charge in [0.05, 0.1) is 0 Å². The summed E-state index contributed by atoms with van der Waals surface area (Å²) < 4.78 is 27.4. The van der Waals surface area contributed by atoms with Gasteiger partial charge in [0, 0.05) is 23.9 Å². The van der Waals surface area contributed by atoms with E-state index in [0.29, 0.717) is 12.1 Å². The smallest absolute Gasteiger partial charge is 0.223 e. The molecule has 0 aliphatic carbocycles. The second-order valence-electron chi connectivity index (χ2n) is 4.28. The predicted octanol–water partition coefficient (Wildman–Crippen LogP) is 2.12. The van der Waals surface area contributed by atoms with Crippen LogP contribution in [0.2, 0.25) is 0 Å². The molecule has 1 N–H and O–H groups in total. The van der Waals surface area contributed by atoms with Crippen molar-refractivity contribution >= 4 is 5.91 Å². The van der Waals surface area contributed by atoms with E-state index < -0.39 is 17.6 Å². The molecule has 1 heterocycles. The first-order valence-corrected chi connectivity index (χ1v) is 5.24. The molecule has 1 fully saturated rings. The van der Waals surface area contributed by atoms with Crippen LogP contribution < -0.4 is 5.32 Å². The van der Waals surface area contributed by atoms with Crippen molar-refractivity contribution in [2.45, 2.75) is 19.8 Å². The Morgan fingerprint density at radius 3 is 2.31 bits per heavy atom. The summed E-state index contributed by atoms with van der Waals surface area (Å²) in [6.07, 6.45) is 0. The first kappa shape index (κ1) is 11.0. The van der Waals surface area contributed by atoms with Gasteiger partial charge in [-0.2, -0.15) is 0 Å². The van der Waals surface area contributed by atoms with Crippen LogP contribution >= 0.6 is 0 Å². The zero-order valence-corrected chi connectivity index (χ0v) is 9.18. The zero-order chi connectivity index (χ0) is 11.9. The van der Waals surface area contributed by atoms with Gasteiger partial charge in [0.1, 0.15) is 11.6 Å². The average molecular weight is 225 g/mol. The van der Waals surface area contributed by atoms with Crippen LogP contribution in [0.5, 0.6) is 0 Å². The Morgan fingerprint density at radius 2 is 1.88 bits per heavy atom. The first-order valence-electron chi connectivity index (χ1n) is 5.24. The lowest BCUT2D eigenvalue weighted by Crippen LogP contribution is -2.17.